The van der Waals surface area contributed by atoms with Crippen molar-refractivity contribution in [3.63, 3.8) is 0 Å². The largest absolute Gasteiger partial charge is 0.336 e. The van der Waals surface area contributed by atoms with E-state index in [0.717, 1.165) is 17.1 Å². The van der Waals surface area contributed by atoms with Crippen LogP contribution in [0.4, 0.5) is 26.2 Å². The number of nitrogens with zero attached hydrogens (tertiary/aromatic N) is 1. The van der Waals surface area contributed by atoms with Gasteiger partial charge in [-0.05, 0) is 61.0 Å². The number of sulfonamides is 1. The maximum Gasteiger partial charge on any atom is 0.336 e. The van der Waals surface area contributed by atoms with Crippen molar-refractivity contribution in [2.75, 3.05) is 21.5 Å². The second-order valence-corrected chi connectivity index (χ2v) is 9.67. The van der Waals surface area contributed by atoms with Gasteiger partial charge in [0.1, 0.15) is 5.82 Å². The number of carbonyl (C=O) groups excluding carboxylic acids is 2. The zero-order valence-corrected chi connectivity index (χ0v) is 20.6. The van der Waals surface area contributed by atoms with Crippen molar-refractivity contribution in [3.05, 3.63) is 84.2 Å². The lowest BCUT2D eigenvalue weighted by molar-refractivity contribution is 0.102. The number of hydrogen-bond acceptors (Lipinski definition) is 5. The Balaban J connectivity index is 1.64. The number of carbonyl (C=O) groups is 2. The highest BCUT2D eigenvalue weighted by molar-refractivity contribution is 7.89. The summed E-state index contributed by atoms with van der Waals surface area (Å²) < 4.78 is 42.2. The molecule has 3 aromatic carbocycles. The van der Waals surface area contributed by atoms with Gasteiger partial charge in [-0.25, -0.2) is 26.6 Å². The Morgan fingerprint density at radius 1 is 0.943 bits per heavy atom. The molecule has 8 nitrogen and oxygen atoms in total. The SMILES string of the molecule is CCCCNS(=O)(=O)c1cccc(NC(=O)N(S)c2ccc(NC(=O)c3ccccc3F)cc2)c1. The third kappa shape index (κ3) is 7.04. The van der Waals surface area contributed by atoms with Crippen molar-refractivity contribution >= 4 is 51.8 Å². The molecular weight excluding hydrogens is 491 g/mol. The van der Waals surface area contributed by atoms with E-state index in [2.05, 4.69) is 28.2 Å². The zero-order chi connectivity index (χ0) is 25.4. The van der Waals surface area contributed by atoms with Gasteiger partial charge in [0.05, 0.1) is 16.1 Å². The van der Waals surface area contributed by atoms with Crippen LogP contribution in [-0.4, -0.2) is 26.9 Å². The number of thiol groups is 1. The van der Waals surface area contributed by atoms with Gasteiger partial charge in [-0.2, -0.15) is 0 Å². The first-order chi connectivity index (χ1) is 16.7. The third-order valence-electron chi connectivity index (χ3n) is 4.90. The molecule has 0 radical (unpaired) electrons. The van der Waals surface area contributed by atoms with Crippen LogP contribution < -0.4 is 19.7 Å². The monoisotopic (exact) mass is 516 g/mol. The highest BCUT2D eigenvalue weighted by Gasteiger charge is 2.17. The highest BCUT2D eigenvalue weighted by atomic mass is 32.2. The van der Waals surface area contributed by atoms with E-state index in [1.54, 1.807) is 36.4 Å². The van der Waals surface area contributed by atoms with Gasteiger partial charge in [-0.1, -0.05) is 44.4 Å². The molecule has 0 spiro atoms. The molecule has 0 fully saturated rings. The van der Waals surface area contributed by atoms with E-state index in [-0.39, 0.29) is 16.1 Å². The molecule has 0 aliphatic heterocycles. The van der Waals surface area contributed by atoms with Crippen LogP contribution >= 0.6 is 12.8 Å². The molecule has 0 aliphatic carbocycles. The van der Waals surface area contributed by atoms with Gasteiger partial charge in [0.25, 0.3) is 5.91 Å². The fourth-order valence-corrected chi connectivity index (χ4v) is 4.33. The Kier molecular flexibility index (Phi) is 8.85. The molecule has 11 heteroatoms. The van der Waals surface area contributed by atoms with Crippen LogP contribution in [0.25, 0.3) is 0 Å². The van der Waals surface area contributed by atoms with Crippen LogP contribution in [0.3, 0.4) is 0 Å². The van der Waals surface area contributed by atoms with E-state index in [1.165, 1.54) is 36.4 Å². The summed E-state index contributed by atoms with van der Waals surface area (Å²) >= 11 is 4.21. The first-order valence-corrected chi connectivity index (χ1v) is 12.6. The Labute approximate surface area is 209 Å². The number of halogens is 1. The van der Waals surface area contributed by atoms with E-state index < -0.39 is 27.8 Å². The molecule has 3 rings (SSSR count). The van der Waals surface area contributed by atoms with Gasteiger partial charge in [0.2, 0.25) is 10.0 Å². The van der Waals surface area contributed by atoms with Gasteiger partial charge in [0, 0.05) is 17.9 Å². The van der Waals surface area contributed by atoms with E-state index in [1.807, 2.05) is 6.92 Å². The normalized spacial score (nSPS) is 11.1. The molecule has 0 atom stereocenters. The highest BCUT2D eigenvalue weighted by Crippen LogP contribution is 2.22. The maximum atomic E-state index is 13.8. The second-order valence-electron chi connectivity index (χ2n) is 7.50. The molecule has 0 aromatic heterocycles. The summed E-state index contributed by atoms with van der Waals surface area (Å²) in [6.45, 7) is 2.29. The third-order valence-corrected chi connectivity index (χ3v) is 6.77. The summed E-state index contributed by atoms with van der Waals surface area (Å²) in [6.07, 6.45) is 1.57. The summed E-state index contributed by atoms with van der Waals surface area (Å²) in [5, 5.41) is 5.19. The molecule has 35 heavy (non-hydrogen) atoms. The summed E-state index contributed by atoms with van der Waals surface area (Å²) in [4.78, 5) is 24.9. The van der Waals surface area contributed by atoms with E-state index >= 15 is 0 Å². The number of benzene rings is 3. The molecule has 0 unspecified atom stereocenters. The zero-order valence-electron chi connectivity index (χ0n) is 18.9. The maximum absolute atomic E-state index is 13.8. The molecule has 0 saturated heterocycles. The van der Waals surface area contributed by atoms with Crippen molar-refractivity contribution < 1.29 is 22.4 Å². The Morgan fingerprint density at radius 2 is 1.66 bits per heavy atom. The fourth-order valence-electron chi connectivity index (χ4n) is 3.03. The minimum Gasteiger partial charge on any atom is -0.322 e. The minimum absolute atomic E-state index is 0.0343. The number of anilines is 3. The summed E-state index contributed by atoms with van der Waals surface area (Å²) in [5.41, 5.74) is 0.982. The van der Waals surface area contributed by atoms with E-state index in [9.17, 15) is 22.4 Å². The number of hydrogen-bond donors (Lipinski definition) is 4. The number of urea groups is 1. The van der Waals surface area contributed by atoms with Gasteiger partial charge in [0.15, 0.2) is 0 Å². The number of nitrogens with one attached hydrogen (secondary N) is 3. The van der Waals surface area contributed by atoms with Crippen LogP contribution in [0.15, 0.2) is 77.7 Å². The quantitative estimate of drug-likeness (QED) is 0.236. The van der Waals surface area contributed by atoms with Crippen LogP contribution in [0, 0.1) is 5.82 Å². The molecule has 3 aromatic rings. The average molecular weight is 517 g/mol. The first kappa shape index (κ1) is 26.2. The average Bonchev–Trinajstić information content (AvgIpc) is 2.84. The minimum atomic E-state index is -3.69. The lowest BCUT2D eigenvalue weighted by Gasteiger charge is -2.17. The summed E-state index contributed by atoms with van der Waals surface area (Å²) in [5.74, 6) is -1.23. The molecule has 3 N–H and O–H groups in total. The molecule has 3 amide bonds. The predicted molar refractivity (Wildman–Crippen MR) is 138 cm³/mol. The molecule has 184 valence electrons. The number of rotatable bonds is 9. The molecule has 0 bridgehead atoms. The van der Waals surface area contributed by atoms with Crippen molar-refractivity contribution in [1.82, 2.24) is 4.72 Å². The van der Waals surface area contributed by atoms with Crippen LogP contribution in [0.2, 0.25) is 0 Å². The van der Waals surface area contributed by atoms with E-state index in [4.69, 9.17) is 0 Å². The summed E-state index contributed by atoms with van der Waals surface area (Å²) in [7, 11) is -3.69. The molecular formula is C24H25FN4O4S2. The van der Waals surface area contributed by atoms with Crippen molar-refractivity contribution in [1.29, 1.82) is 0 Å². The Morgan fingerprint density at radius 3 is 2.34 bits per heavy atom. The van der Waals surface area contributed by atoms with Crippen LogP contribution in [0.5, 0.6) is 0 Å². The molecule has 0 aliphatic rings. The number of amides is 3. The van der Waals surface area contributed by atoms with Gasteiger partial charge < -0.3 is 10.6 Å². The second kappa shape index (κ2) is 11.8. The first-order valence-electron chi connectivity index (χ1n) is 10.8. The van der Waals surface area contributed by atoms with Crippen molar-refractivity contribution in [2.45, 2.75) is 24.7 Å². The smallest absolute Gasteiger partial charge is 0.322 e. The van der Waals surface area contributed by atoms with Gasteiger partial charge >= 0.3 is 6.03 Å². The van der Waals surface area contributed by atoms with Crippen molar-refractivity contribution in [2.24, 2.45) is 0 Å². The Hall–Kier alpha value is -3.41. The fraction of sp³-hybridized carbons (Fsp3) is 0.167. The van der Waals surface area contributed by atoms with Gasteiger partial charge in [-0.15, -0.1) is 0 Å². The standard InChI is InChI=1S/C24H25FN4O4S2/c1-2-3-15-26-35(32,33)20-8-6-7-18(16-20)28-24(31)29(34)19-13-11-17(12-14-19)27-23(30)21-9-4-5-10-22(21)25/h4-14,16,26,34H,2-3,15H2,1H3,(H,27,30)(H,28,31). The lowest BCUT2D eigenvalue weighted by Crippen LogP contribution is -2.27. The van der Waals surface area contributed by atoms with Crippen LogP contribution in [0.1, 0.15) is 30.1 Å². The molecule has 0 saturated carbocycles. The number of unbranched alkanes of at least 4 members (excludes halogenated alkanes) is 1. The van der Waals surface area contributed by atoms with Crippen LogP contribution in [-0.2, 0) is 10.0 Å². The topological polar surface area (TPSA) is 108 Å². The Bertz CT molecular complexity index is 1300. The molecule has 0 heterocycles. The van der Waals surface area contributed by atoms with Gasteiger partial charge in [-0.3, -0.25) is 4.79 Å². The lowest BCUT2D eigenvalue weighted by atomic mass is 10.2. The summed E-state index contributed by atoms with van der Waals surface area (Å²) in [6, 6.07) is 17.1. The van der Waals surface area contributed by atoms with E-state index in [0.29, 0.717) is 17.9 Å². The van der Waals surface area contributed by atoms with Crippen molar-refractivity contribution in [3.8, 4) is 0 Å². The predicted octanol–water partition coefficient (Wildman–Crippen LogP) is 5.04.